The first kappa shape index (κ1) is 31.7. The molecule has 0 aliphatic carbocycles. The Balaban J connectivity index is 0.873. The van der Waals surface area contributed by atoms with Crippen LogP contribution in [-0.2, 0) is 10.2 Å². The number of phenols is 1. The fourth-order valence-electron chi connectivity index (χ4n) is 8.78. The van der Waals surface area contributed by atoms with E-state index in [1.54, 1.807) is 30.5 Å². The molecule has 1 aromatic heterocycles. The van der Waals surface area contributed by atoms with Crippen molar-refractivity contribution in [3.63, 3.8) is 0 Å². The van der Waals surface area contributed by atoms with Gasteiger partial charge in [-0.1, -0.05) is 48.5 Å². The average Bonchev–Trinajstić information content (AvgIpc) is 3.11. The minimum absolute atomic E-state index is 0.170. The number of aromatic hydroxyl groups is 1. The van der Waals surface area contributed by atoms with Gasteiger partial charge in [0.05, 0.1) is 28.7 Å². The van der Waals surface area contributed by atoms with Crippen molar-refractivity contribution < 1.29 is 18.7 Å². The molecular formula is C39H42F2N6O2. The summed E-state index contributed by atoms with van der Waals surface area (Å²) < 4.78 is 28.1. The molecule has 0 unspecified atom stereocenters. The van der Waals surface area contributed by atoms with Gasteiger partial charge in [0.1, 0.15) is 5.75 Å². The molecule has 4 aliphatic rings. The molecule has 1 amide bonds. The Kier molecular flexibility index (Phi) is 8.22. The molecule has 1 N–H and O–H groups in total. The number of piperidine rings is 2. The number of benzene rings is 3. The number of rotatable bonds is 7. The van der Waals surface area contributed by atoms with Gasteiger partial charge >= 0.3 is 0 Å². The molecular weight excluding hydrogens is 622 g/mol. The number of hydrogen-bond acceptors (Lipinski definition) is 7. The van der Waals surface area contributed by atoms with Gasteiger partial charge in [-0.15, -0.1) is 0 Å². The van der Waals surface area contributed by atoms with Crippen molar-refractivity contribution >= 4 is 17.3 Å². The zero-order valence-corrected chi connectivity index (χ0v) is 27.6. The first-order valence-corrected chi connectivity index (χ1v) is 17.4. The average molecular weight is 665 g/mol. The van der Waals surface area contributed by atoms with Gasteiger partial charge in [0.25, 0.3) is 0 Å². The number of phenolic OH excluding ortho intramolecular Hbond substituents is 1. The molecule has 8 rings (SSSR count). The van der Waals surface area contributed by atoms with E-state index in [0.717, 1.165) is 69.9 Å². The smallest absolute Gasteiger partial charge is 0.233 e. The summed E-state index contributed by atoms with van der Waals surface area (Å²) >= 11 is 0. The van der Waals surface area contributed by atoms with Crippen LogP contribution < -0.4 is 9.80 Å². The fraction of sp³-hybridized carbons (Fsp3) is 0.410. The van der Waals surface area contributed by atoms with Crippen molar-refractivity contribution in [3.8, 4) is 17.0 Å². The monoisotopic (exact) mass is 664 g/mol. The lowest BCUT2D eigenvalue weighted by atomic mass is 9.67. The van der Waals surface area contributed by atoms with E-state index in [2.05, 4.69) is 37.0 Å². The number of nitrogens with zero attached hydrogens (tertiary/aromatic N) is 6. The first-order valence-electron chi connectivity index (χ1n) is 17.4. The van der Waals surface area contributed by atoms with Crippen molar-refractivity contribution in [2.75, 3.05) is 68.7 Å². The van der Waals surface area contributed by atoms with Crippen LogP contribution >= 0.6 is 0 Å². The van der Waals surface area contributed by atoms with E-state index in [9.17, 15) is 18.7 Å². The first-order chi connectivity index (χ1) is 23.8. The van der Waals surface area contributed by atoms with E-state index in [-0.39, 0.29) is 17.1 Å². The predicted octanol–water partition coefficient (Wildman–Crippen LogP) is 5.73. The minimum Gasteiger partial charge on any atom is -0.507 e. The number of hydrogen-bond donors (Lipinski definition) is 1. The molecule has 4 saturated heterocycles. The lowest BCUT2D eigenvalue weighted by Crippen LogP contribution is -2.74. The SMILES string of the molecule is O=C(N1CC2(CN(CC3CCN(c4cccc(F)c4F)CC3)C2)C1)C1(c2ccccc2)CCN(c2cnnc(-c3ccccc3O)c2)CC1. The third kappa shape index (κ3) is 5.90. The quantitative estimate of drug-likeness (QED) is 0.271. The summed E-state index contributed by atoms with van der Waals surface area (Å²) in [4.78, 5) is 23.3. The molecule has 0 saturated carbocycles. The van der Waals surface area contributed by atoms with Gasteiger partial charge in [0, 0.05) is 69.9 Å². The highest BCUT2D eigenvalue weighted by Gasteiger charge is 2.56. The number of likely N-dealkylation sites (tertiary alicyclic amines) is 2. The molecule has 1 spiro atoms. The summed E-state index contributed by atoms with van der Waals surface area (Å²) in [5.74, 6) is -0.591. The maximum absolute atomic E-state index is 14.4. The largest absolute Gasteiger partial charge is 0.507 e. The van der Waals surface area contributed by atoms with Gasteiger partial charge in [-0.3, -0.25) is 4.79 Å². The molecule has 49 heavy (non-hydrogen) atoms. The third-order valence-electron chi connectivity index (χ3n) is 11.4. The Morgan fingerprint density at radius 2 is 1.55 bits per heavy atom. The Labute approximate surface area is 286 Å². The molecule has 8 nitrogen and oxygen atoms in total. The molecule has 0 atom stereocenters. The van der Waals surface area contributed by atoms with E-state index in [0.29, 0.717) is 48.8 Å². The van der Waals surface area contributed by atoms with Crippen LogP contribution in [0.3, 0.4) is 0 Å². The lowest BCUT2D eigenvalue weighted by Gasteiger charge is -2.62. The van der Waals surface area contributed by atoms with E-state index in [4.69, 9.17) is 0 Å². The Morgan fingerprint density at radius 3 is 2.29 bits per heavy atom. The Bertz CT molecular complexity index is 1810. The fourth-order valence-corrected chi connectivity index (χ4v) is 8.78. The number of halogens is 2. The number of carbonyl (C=O) groups is 1. The number of para-hydroxylation sites is 1. The second kappa shape index (κ2) is 12.7. The van der Waals surface area contributed by atoms with Gasteiger partial charge in [-0.05, 0) is 67.5 Å². The number of anilines is 2. The maximum Gasteiger partial charge on any atom is 0.233 e. The Morgan fingerprint density at radius 1 is 0.837 bits per heavy atom. The Hall–Kier alpha value is -4.57. The summed E-state index contributed by atoms with van der Waals surface area (Å²) in [6.07, 6.45) is 5.10. The van der Waals surface area contributed by atoms with Crippen molar-refractivity contribution in [2.24, 2.45) is 11.3 Å². The number of carbonyl (C=O) groups excluding carboxylic acids is 1. The van der Waals surface area contributed by atoms with E-state index < -0.39 is 17.0 Å². The molecule has 10 heteroatoms. The molecule has 0 radical (unpaired) electrons. The van der Waals surface area contributed by atoms with Crippen LogP contribution in [-0.4, -0.2) is 89.9 Å². The van der Waals surface area contributed by atoms with Crippen LogP contribution in [0.1, 0.15) is 31.2 Å². The summed E-state index contributed by atoms with van der Waals surface area (Å²) in [5, 5.41) is 18.9. The van der Waals surface area contributed by atoms with E-state index in [1.807, 2.05) is 41.3 Å². The summed E-state index contributed by atoms with van der Waals surface area (Å²) in [7, 11) is 0. The molecule has 0 bridgehead atoms. The van der Waals surface area contributed by atoms with Crippen molar-refractivity contribution in [3.05, 3.63) is 102 Å². The standard InChI is InChI=1S/C39H42F2N6O2/c40-32-10-6-11-34(36(32)41)46-17-13-28(14-18-46)23-44-24-38(25-44)26-47(27-38)37(49)39(29-7-2-1-3-8-29)15-19-45(20-16-39)30-21-33(43-42-22-30)31-9-4-5-12-35(31)48/h1-12,21-22,28,48H,13-20,23-27H2. The van der Waals surface area contributed by atoms with Crippen LogP contribution in [0.25, 0.3) is 11.3 Å². The zero-order chi connectivity index (χ0) is 33.6. The number of aromatic nitrogens is 2. The van der Waals surface area contributed by atoms with Crippen LogP contribution in [0.15, 0.2) is 85.1 Å². The van der Waals surface area contributed by atoms with Gasteiger partial charge in [-0.25, -0.2) is 8.78 Å². The van der Waals surface area contributed by atoms with Crippen LogP contribution in [0.5, 0.6) is 5.75 Å². The van der Waals surface area contributed by atoms with Crippen LogP contribution in [0.2, 0.25) is 0 Å². The molecule has 254 valence electrons. The van der Waals surface area contributed by atoms with Crippen LogP contribution in [0.4, 0.5) is 20.2 Å². The van der Waals surface area contributed by atoms with Crippen molar-refractivity contribution in [1.29, 1.82) is 0 Å². The predicted molar refractivity (Wildman–Crippen MR) is 185 cm³/mol. The van der Waals surface area contributed by atoms with Gasteiger partial charge in [0.2, 0.25) is 5.91 Å². The minimum atomic E-state index is -0.790. The second-order valence-electron chi connectivity index (χ2n) is 14.6. The second-order valence-corrected chi connectivity index (χ2v) is 14.6. The summed E-state index contributed by atoms with van der Waals surface area (Å²) in [6, 6.07) is 23.8. The van der Waals surface area contributed by atoms with Crippen LogP contribution in [0, 0.1) is 23.0 Å². The summed E-state index contributed by atoms with van der Waals surface area (Å²) in [5.41, 5.74) is 3.27. The number of amides is 1. The lowest BCUT2D eigenvalue weighted by molar-refractivity contribution is -0.166. The van der Waals surface area contributed by atoms with Crippen molar-refractivity contribution in [2.45, 2.75) is 31.1 Å². The third-order valence-corrected chi connectivity index (χ3v) is 11.4. The molecule has 4 aromatic rings. The van der Waals surface area contributed by atoms with Gasteiger partial charge in [-0.2, -0.15) is 10.2 Å². The highest BCUT2D eigenvalue weighted by atomic mass is 19.2. The van der Waals surface area contributed by atoms with E-state index in [1.165, 1.54) is 6.07 Å². The molecule has 5 heterocycles. The van der Waals surface area contributed by atoms with E-state index >= 15 is 0 Å². The highest BCUT2D eigenvalue weighted by molar-refractivity contribution is 5.89. The normalized spacial score (nSPS) is 20.6. The van der Waals surface area contributed by atoms with Crippen molar-refractivity contribution in [1.82, 2.24) is 20.0 Å². The topological polar surface area (TPSA) is 76.0 Å². The molecule has 4 aliphatic heterocycles. The summed E-state index contributed by atoms with van der Waals surface area (Å²) in [6.45, 7) is 7.54. The molecule has 3 aromatic carbocycles. The molecule has 4 fully saturated rings. The zero-order valence-electron chi connectivity index (χ0n) is 27.6. The van der Waals surface area contributed by atoms with Gasteiger partial charge < -0.3 is 24.7 Å². The van der Waals surface area contributed by atoms with Gasteiger partial charge in [0.15, 0.2) is 11.6 Å². The maximum atomic E-state index is 14.4. The highest BCUT2D eigenvalue weighted by Crippen LogP contribution is 2.46.